The summed E-state index contributed by atoms with van der Waals surface area (Å²) in [6.07, 6.45) is 0. The standard InChI is InChI=1S/C24H22N2O2/c1-28-24-11-5-10-22(26-24)18-12-13-23(27)20(14-18)16-25-15-19-8-4-7-17-6-2-3-9-21(17)19/h2-14,25,27H,15-16H2,1H3. The molecule has 0 fully saturated rings. The molecular formula is C24H22N2O2. The highest BCUT2D eigenvalue weighted by molar-refractivity contribution is 5.85. The molecular weight excluding hydrogens is 348 g/mol. The zero-order valence-electron chi connectivity index (χ0n) is 15.7. The summed E-state index contributed by atoms with van der Waals surface area (Å²) in [4.78, 5) is 4.47. The predicted molar refractivity (Wildman–Crippen MR) is 112 cm³/mol. The Hall–Kier alpha value is -3.37. The lowest BCUT2D eigenvalue weighted by Gasteiger charge is -2.11. The summed E-state index contributed by atoms with van der Waals surface area (Å²) in [5.41, 5.74) is 3.83. The molecule has 140 valence electrons. The number of fused-ring (bicyclic) bond motifs is 1. The minimum atomic E-state index is 0.275. The molecule has 2 N–H and O–H groups in total. The monoisotopic (exact) mass is 370 g/mol. The molecule has 0 aliphatic heterocycles. The van der Waals surface area contributed by atoms with E-state index in [-0.39, 0.29) is 5.75 Å². The SMILES string of the molecule is COc1cccc(-c2ccc(O)c(CNCc3cccc4ccccc34)c2)n1. The van der Waals surface area contributed by atoms with Gasteiger partial charge in [-0.1, -0.05) is 48.5 Å². The summed E-state index contributed by atoms with van der Waals surface area (Å²) in [5.74, 6) is 0.846. The summed E-state index contributed by atoms with van der Waals surface area (Å²) in [5, 5.41) is 16.2. The van der Waals surface area contributed by atoms with Crippen molar-refractivity contribution in [1.29, 1.82) is 0 Å². The Morgan fingerprint density at radius 1 is 0.857 bits per heavy atom. The number of benzene rings is 3. The van der Waals surface area contributed by atoms with Crippen LogP contribution in [0.5, 0.6) is 11.6 Å². The van der Waals surface area contributed by atoms with Crippen LogP contribution < -0.4 is 10.1 Å². The lowest BCUT2D eigenvalue weighted by molar-refractivity contribution is 0.398. The number of aromatic hydroxyl groups is 1. The van der Waals surface area contributed by atoms with Crippen molar-refractivity contribution >= 4 is 10.8 Å². The number of rotatable bonds is 6. The zero-order chi connectivity index (χ0) is 19.3. The highest BCUT2D eigenvalue weighted by Gasteiger charge is 2.07. The molecule has 0 saturated carbocycles. The average Bonchev–Trinajstić information content (AvgIpc) is 2.75. The Balaban J connectivity index is 1.51. The molecule has 0 aliphatic rings. The molecule has 0 radical (unpaired) electrons. The van der Waals surface area contributed by atoms with Crippen molar-refractivity contribution in [2.24, 2.45) is 0 Å². The second kappa shape index (κ2) is 8.11. The summed E-state index contributed by atoms with van der Waals surface area (Å²) < 4.78 is 5.21. The second-order valence-corrected chi connectivity index (χ2v) is 6.65. The van der Waals surface area contributed by atoms with E-state index in [4.69, 9.17) is 4.74 Å². The average molecular weight is 370 g/mol. The van der Waals surface area contributed by atoms with Gasteiger partial charge in [0.2, 0.25) is 5.88 Å². The normalized spacial score (nSPS) is 10.9. The van der Waals surface area contributed by atoms with Crippen LogP contribution in [0.25, 0.3) is 22.0 Å². The molecule has 0 saturated heterocycles. The molecule has 0 spiro atoms. The van der Waals surface area contributed by atoms with Gasteiger partial charge in [0.05, 0.1) is 12.8 Å². The maximum atomic E-state index is 10.3. The topological polar surface area (TPSA) is 54.4 Å². The van der Waals surface area contributed by atoms with Gasteiger partial charge in [0.15, 0.2) is 0 Å². The molecule has 0 bridgehead atoms. The number of phenols is 1. The predicted octanol–water partition coefficient (Wildman–Crippen LogP) is 4.91. The van der Waals surface area contributed by atoms with Gasteiger partial charge >= 0.3 is 0 Å². The second-order valence-electron chi connectivity index (χ2n) is 6.65. The van der Waals surface area contributed by atoms with Gasteiger partial charge in [0, 0.05) is 30.3 Å². The van der Waals surface area contributed by atoms with E-state index < -0.39 is 0 Å². The van der Waals surface area contributed by atoms with E-state index in [1.54, 1.807) is 13.2 Å². The lowest BCUT2D eigenvalue weighted by atomic mass is 10.0. The molecule has 1 heterocycles. The van der Waals surface area contributed by atoms with E-state index in [1.807, 2.05) is 30.3 Å². The van der Waals surface area contributed by atoms with Crippen LogP contribution in [0.3, 0.4) is 0 Å². The molecule has 4 heteroatoms. The summed E-state index contributed by atoms with van der Waals surface area (Å²) in [7, 11) is 1.60. The van der Waals surface area contributed by atoms with E-state index in [0.29, 0.717) is 12.4 Å². The highest BCUT2D eigenvalue weighted by Crippen LogP contribution is 2.26. The molecule has 0 amide bonds. The largest absolute Gasteiger partial charge is 0.508 e. The number of nitrogens with zero attached hydrogens (tertiary/aromatic N) is 1. The molecule has 4 rings (SSSR count). The van der Waals surface area contributed by atoms with Crippen LogP contribution >= 0.6 is 0 Å². The number of hydrogen-bond donors (Lipinski definition) is 2. The minimum absolute atomic E-state index is 0.275. The van der Waals surface area contributed by atoms with Gasteiger partial charge in [0.25, 0.3) is 0 Å². The van der Waals surface area contributed by atoms with Crippen LogP contribution in [-0.2, 0) is 13.1 Å². The molecule has 28 heavy (non-hydrogen) atoms. The fourth-order valence-corrected chi connectivity index (χ4v) is 3.35. The maximum absolute atomic E-state index is 10.3. The fraction of sp³-hybridized carbons (Fsp3) is 0.125. The van der Waals surface area contributed by atoms with Crippen molar-refractivity contribution in [3.63, 3.8) is 0 Å². The Bertz CT molecular complexity index is 1100. The Labute approximate surface area is 164 Å². The molecule has 0 unspecified atom stereocenters. The number of nitrogens with one attached hydrogen (secondary N) is 1. The van der Waals surface area contributed by atoms with Gasteiger partial charge in [-0.25, -0.2) is 4.98 Å². The first kappa shape index (κ1) is 18.0. The fourth-order valence-electron chi connectivity index (χ4n) is 3.35. The Morgan fingerprint density at radius 3 is 2.54 bits per heavy atom. The summed E-state index contributed by atoms with van der Waals surface area (Å²) >= 11 is 0. The maximum Gasteiger partial charge on any atom is 0.213 e. The zero-order valence-corrected chi connectivity index (χ0v) is 15.7. The summed E-state index contributed by atoms with van der Waals surface area (Å²) in [6.45, 7) is 1.29. The third kappa shape index (κ3) is 3.82. The molecule has 0 atom stereocenters. The van der Waals surface area contributed by atoms with Crippen LogP contribution in [0.15, 0.2) is 78.9 Å². The lowest BCUT2D eigenvalue weighted by Crippen LogP contribution is -2.13. The third-order valence-corrected chi connectivity index (χ3v) is 4.82. The van der Waals surface area contributed by atoms with Crippen LogP contribution in [-0.4, -0.2) is 17.2 Å². The molecule has 4 nitrogen and oxygen atoms in total. The van der Waals surface area contributed by atoms with Gasteiger partial charge in [-0.3, -0.25) is 0 Å². The van der Waals surface area contributed by atoms with E-state index in [9.17, 15) is 5.11 Å². The minimum Gasteiger partial charge on any atom is -0.508 e. The van der Waals surface area contributed by atoms with E-state index in [0.717, 1.165) is 23.4 Å². The third-order valence-electron chi connectivity index (χ3n) is 4.82. The molecule has 3 aromatic carbocycles. The Morgan fingerprint density at radius 2 is 1.64 bits per heavy atom. The summed E-state index contributed by atoms with van der Waals surface area (Å²) in [6, 6.07) is 25.9. The van der Waals surface area contributed by atoms with E-state index in [2.05, 4.69) is 52.8 Å². The number of pyridine rings is 1. The van der Waals surface area contributed by atoms with Gasteiger partial charge in [0.1, 0.15) is 5.75 Å². The van der Waals surface area contributed by atoms with Crippen LogP contribution in [0.2, 0.25) is 0 Å². The van der Waals surface area contributed by atoms with Gasteiger partial charge in [-0.2, -0.15) is 0 Å². The van der Waals surface area contributed by atoms with Crippen molar-refractivity contribution in [3.05, 3.63) is 90.0 Å². The van der Waals surface area contributed by atoms with E-state index >= 15 is 0 Å². The number of phenolic OH excluding ortho intramolecular Hbond substituents is 1. The highest BCUT2D eigenvalue weighted by atomic mass is 16.5. The van der Waals surface area contributed by atoms with Crippen molar-refractivity contribution in [2.75, 3.05) is 7.11 Å². The number of aromatic nitrogens is 1. The van der Waals surface area contributed by atoms with Crippen LogP contribution in [0.1, 0.15) is 11.1 Å². The number of hydrogen-bond acceptors (Lipinski definition) is 4. The van der Waals surface area contributed by atoms with Gasteiger partial charge in [-0.05, 0) is 40.6 Å². The van der Waals surface area contributed by atoms with Crippen molar-refractivity contribution < 1.29 is 9.84 Å². The molecule has 0 aliphatic carbocycles. The van der Waals surface area contributed by atoms with Crippen LogP contribution in [0, 0.1) is 0 Å². The number of methoxy groups -OCH3 is 1. The van der Waals surface area contributed by atoms with Crippen LogP contribution in [0.4, 0.5) is 0 Å². The van der Waals surface area contributed by atoms with Crippen molar-refractivity contribution in [3.8, 4) is 22.9 Å². The molecule has 1 aromatic heterocycles. The van der Waals surface area contributed by atoms with Gasteiger partial charge in [-0.15, -0.1) is 0 Å². The quantitative estimate of drug-likeness (QED) is 0.507. The van der Waals surface area contributed by atoms with Gasteiger partial charge < -0.3 is 15.2 Å². The first-order valence-corrected chi connectivity index (χ1v) is 9.25. The Kier molecular flexibility index (Phi) is 5.22. The van der Waals surface area contributed by atoms with Crippen molar-refractivity contribution in [1.82, 2.24) is 10.3 Å². The first-order valence-electron chi connectivity index (χ1n) is 9.25. The smallest absolute Gasteiger partial charge is 0.213 e. The molecule has 4 aromatic rings. The number of ether oxygens (including phenoxy) is 1. The van der Waals surface area contributed by atoms with Crippen molar-refractivity contribution in [2.45, 2.75) is 13.1 Å². The first-order chi connectivity index (χ1) is 13.7. The van der Waals surface area contributed by atoms with E-state index in [1.165, 1.54) is 16.3 Å².